The van der Waals surface area contributed by atoms with E-state index >= 15 is 0 Å². The number of benzene rings is 2. The quantitative estimate of drug-likeness (QED) is 0.232. The first kappa shape index (κ1) is 28.8. The number of nitrogens with zero attached hydrogens (tertiary/aromatic N) is 4. The van der Waals surface area contributed by atoms with Crippen LogP contribution in [0.25, 0.3) is 17.5 Å². The Balaban J connectivity index is 1.31. The summed E-state index contributed by atoms with van der Waals surface area (Å²) in [7, 11) is 0. The van der Waals surface area contributed by atoms with E-state index < -0.39 is 0 Å². The van der Waals surface area contributed by atoms with Gasteiger partial charge in [-0.2, -0.15) is 9.67 Å². The van der Waals surface area contributed by atoms with Gasteiger partial charge in [0, 0.05) is 24.4 Å². The third-order valence-electron chi connectivity index (χ3n) is 7.16. The largest absolute Gasteiger partial charge is 0.396 e. The minimum absolute atomic E-state index is 0.188. The fourth-order valence-electron chi connectivity index (χ4n) is 4.57. The number of nitrogens with one attached hydrogen (secondary N) is 3. The third-order valence-corrected chi connectivity index (χ3v) is 7.16. The first-order valence-electron chi connectivity index (χ1n) is 13.8. The van der Waals surface area contributed by atoms with Gasteiger partial charge in [-0.25, -0.2) is 4.99 Å². The minimum Gasteiger partial charge on any atom is -0.396 e. The second-order valence-electron chi connectivity index (χ2n) is 10.3. The number of fused-ring (bicyclic) bond motifs is 1. The summed E-state index contributed by atoms with van der Waals surface area (Å²) in [6, 6.07) is 15.6. The van der Waals surface area contributed by atoms with Gasteiger partial charge in [0.1, 0.15) is 5.71 Å². The Morgan fingerprint density at radius 3 is 2.60 bits per heavy atom. The molecule has 0 radical (unpaired) electrons. The lowest BCUT2D eigenvalue weighted by atomic mass is 9.94. The second kappa shape index (κ2) is 12.0. The highest BCUT2D eigenvalue weighted by atomic mass is 16.2. The number of amides is 1. The Bertz CT molecular complexity index is 1770. The number of hydrogen-bond acceptors (Lipinski definition) is 7. The van der Waals surface area contributed by atoms with Gasteiger partial charge in [0.2, 0.25) is 0 Å². The van der Waals surface area contributed by atoms with Gasteiger partial charge < -0.3 is 21.7 Å². The summed E-state index contributed by atoms with van der Waals surface area (Å²) in [5.74, 6) is 0.127. The summed E-state index contributed by atoms with van der Waals surface area (Å²) in [4.78, 5) is 22.3. The number of aliphatic imine (C=N–C) groups is 1. The Labute approximate surface area is 251 Å². The zero-order chi connectivity index (χ0) is 30.7. The summed E-state index contributed by atoms with van der Waals surface area (Å²) in [6.07, 6.45) is 5.84. The monoisotopic (exact) mass is 570 g/mol. The first-order valence-corrected chi connectivity index (χ1v) is 13.8. The standard InChI is InChI=1S/C34H34N8O/c1-7-25-11-13-27(14-12-25)23(5)37-33(43)29-15-16-31(42-34(39-29)40-32(41-42)22(4)35)24(6)36-19-26-9-8-10-28(18-26)38-30-17-20(2)21(30)3/h7-14,16-18,23,36,38H,1-4,6,15,19,35H2,5H3,(H,37,43)/t23-/m0/s1. The zero-order valence-electron chi connectivity index (χ0n) is 24.2. The number of rotatable bonds is 11. The maximum absolute atomic E-state index is 13.3. The smallest absolute Gasteiger partial charge is 0.266 e. The van der Waals surface area contributed by atoms with Gasteiger partial charge in [0.15, 0.2) is 5.82 Å². The molecule has 1 amide bonds. The molecule has 9 heteroatoms. The van der Waals surface area contributed by atoms with Gasteiger partial charge in [0.25, 0.3) is 11.9 Å². The molecule has 216 valence electrons. The maximum atomic E-state index is 13.3. The van der Waals surface area contributed by atoms with Gasteiger partial charge in [0.05, 0.1) is 23.1 Å². The highest BCUT2D eigenvalue weighted by Gasteiger charge is 2.23. The Hall–Kier alpha value is -5.70. The molecule has 9 nitrogen and oxygen atoms in total. The van der Waals surface area contributed by atoms with Crippen molar-refractivity contribution in [3.05, 3.63) is 139 Å². The highest BCUT2D eigenvalue weighted by molar-refractivity contribution is 6.40. The molecule has 0 bridgehead atoms. The number of allylic oxidation sites excluding steroid dienone is 4. The predicted octanol–water partition coefficient (Wildman–Crippen LogP) is 5.77. The zero-order valence-corrected chi connectivity index (χ0v) is 24.2. The molecular weight excluding hydrogens is 536 g/mol. The number of aromatic nitrogens is 3. The van der Waals surface area contributed by atoms with E-state index in [-0.39, 0.29) is 41.6 Å². The molecule has 1 aromatic heterocycles. The van der Waals surface area contributed by atoms with E-state index in [4.69, 9.17) is 5.73 Å². The van der Waals surface area contributed by atoms with Crippen LogP contribution in [0.1, 0.15) is 41.9 Å². The van der Waals surface area contributed by atoms with Crippen LogP contribution in [0.4, 0.5) is 11.6 Å². The molecule has 0 saturated heterocycles. The van der Waals surface area contributed by atoms with Crippen molar-refractivity contribution >= 4 is 40.7 Å². The highest BCUT2D eigenvalue weighted by Crippen LogP contribution is 2.30. The van der Waals surface area contributed by atoms with Crippen molar-refractivity contribution < 1.29 is 4.79 Å². The number of carbonyl (C=O) groups is 1. The van der Waals surface area contributed by atoms with Gasteiger partial charge in [-0.3, -0.25) is 4.79 Å². The van der Waals surface area contributed by atoms with E-state index in [0.29, 0.717) is 17.9 Å². The summed E-state index contributed by atoms with van der Waals surface area (Å²) in [6.45, 7) is 22.1. The van der Waals surface area contributed by atoms with E-state index in [0.717, 1.165) is 39.2 Å². The van der Waals surface area contributed by atoms with Crippen LogP contribution in [0.5, 0.6) is 0 Å². The Morgan fingerprint density at radius 1 is 1.16 bits per heavy atom. The summed E-state index contributed by atoms with van der Waals surface area (Å²) in [5.41, 5.74) is 14.3. The summed E-state index contributed by atoms with van der Waals surface area (Å²) in [5, 5.41) is 14.3. The van der Waals surface area contributed by atoms with Crippen LogP contribution in [0.3, 0.4) is 0 Å². The van der Waals surface area contributed by atoms with E-state index in [1.54, 1.807) is 6.08 Å². The molecular formula is C34H34N8O. The lowest BCUT2D eigenvalue weighted by Crippen LogP contribution is -2.32. The summed E-state index contributed by atoms with van der Waals surface area (Å²) >= 11 is 0. The Morgan fingerprint density at radius 2 is 1.93 bits per heavy atom. The van der Waals surface area contributed by atoms with Gasteiger partial charge >= 0.3 is 0 Å². The number of carbonyl (C=O) groups excluding carboxylic acids is 1. The van der Waals surface area contributed by atoms with Crippen LogP contribution in [-0.4, -0.2) is 26.4 Å². The van der Waals surface area contributed by atoms with Crippen molar-refractivity contribution in [1.29, 1.82) is 0 Å². The molecule has 1 aliphatic carbocycles. The Kier molecular flexibility index (Phi) is 8.07. The fourth-order valence-corrected chi connectivity index (χ4v) is 4.57. The molecule has 5 rings (SSSR count). The molecule has 0 saturated carbocycles. The SMILES string of the molecule is C=Cc1ccc([C@H](C)NC(=O)C2=Nc3nc(C(=C)N)nn3C(C(=C)NCc3cccc(NC4=CC(=C)C4=C)c3)=CC2)cc1. The fraction of sp³-hybridized carbons (Fsp3) is 0.118. The average Bonchev–Trinajstić information content (AvgIpc) is 3.34. The predicted molar refractivity (Wildman–Crippen MR) is 175 cm³/mol. The van der Waals surface area contributed by atoms with Gasteiger partial charge in [-0.05, 0) is 53.0 Å². The van der Waals surface area contributed by atoms with Crippen LogP contribution in [-0.2, 0) is 11.3 Å². The second-order valence-corrected chi connectivity index (χ2v) is 10.3. The van der Waals surface area contributed by atoms with Crippen molar-refractivity contribution in [1.82, 2.24) is 25.4 Å². The first-order chi connectivity index (χ1) is 20.6. The molecule has 2 aromatic carbocycles. The van der Waals surface area contributed by atoms with E-state index in [1.165, 1.54) is 4.68 Å². The molecule has 0 spiro atoms. The molecule has 1 atom stereocenters. The van der Waals surface area contributed by atoms with Crippen molar-refractivity contribution in [3.8, 4) is 0 Å². The van der Waals surface area contributed by atoms with Crippen LogP contribution in [0.15, 0.2) is 121 Å². The van der Waals surface area contributed by atoms with Crippen LogP contribution in [0, 0.1) is 0 Å². The lowest BCUT2D eigenvalue weighted by Gasteiger charge is -2.22. The molecule has 0 unspecified atom stereocenters. The van der Waals surface area contributed by atoms with Crippen LogP contribution in [0.2, 0.25) is 0 Å². The molecule has 2 aliphatic rings. The molecule has 2 heterocycles. The maximum Gasteiger partial charge on any atom is 0.266 e. The van der Waals surface area contributed by atoms with Crippen molar-refractivity contribution in [2.45, 2.75) is 25.9 Å². The van der Waals surface area contributed by atoms with Crippen LogP contribution >= 0.6 is 0 Å². The molecule has 43 heavy (non-hydrogen) atoms. The molecule has 3 aromatic rings. The van der Waals surface area contributed by atoms with E-state index in [1.807, 2.05) is 67.6 Å². The molecule has 5 N–H and O–H groups in total. The normalized spacial score (nSPS) is 14.6. The number of anilines is 1. The van der Waals surface area contributed by atoms with Crippen molar-refractivity contribution in [2.75, 3.05) is 5.32 Å². The van der Waals surface area contributed by atoms with Gasteiger partial charge in [-0.15, -0.1) is 5.10 Å². The third kappa shape index (κ3) is 6.31. The number of hydrogen-bond donors (Lipinski definition) is 4. The average molecular weight is 571 g/mol. The topological polar surface area (TPSA) is 122 Å². The summed E-state index contributed by atoms with van der Waals surface area (Å²) < 4.78 is 1.53. The van der Waals surface area contributed by atoms with E-state index in [9.17, 15) is 4.79 Å². The van der Waals surface area contributed by atoms with Crippen molar-refractivity contribution in [2.24, 2.45) is 10.7 Å². The lowest BCUT2D eigenvalue weighted by molar-refractivity contribution is -0.115. The van der Waals surface area contributed by atoms with Gasteiger partial charge in [-0.1, -0.05) is 81.4 Å². The molecule has 0 fully saturated rings. The van der Waals surface area contributed by atoms with Crippen molar-refractivity contribution in [3.63, 3.8) is 0 Å². The molecule has 1 aliphatic heterocycles. The van der Waals surface area contributed by atoms with E-state index in [2.05, 4.69) is 63.9 Å². The number of nitrogens with two attached hydrogens (primary N) is 1. The van der Waals surface area contributed by atoms with Crippen LogP contribution < -0.4 is 21.7 Å². The minimum atomic E-state index is -0.309.